The number of hydrogen-bond donors (Lipinski definition) is 2. The van der Waals surface area contributed by atoms with Gasteiger partial charge in [0.2, 0.25) is 5.91 Å². The summed E-state index contributed by atoms with van der Waals surface area (Å²) in [6.45, 7) is 4.50. The molecule has 0 atom stereocenters. The standard InChI is InChI=1S/C19H24N2O3/c1-14(2)24-17-9-7-15(8-10-17)21-19(22)11-12-20-16-5-4-6-18(13-16)23-3/h4-10,13-14,20H,11-12H2,1-3H3,(H,21,22). The lowest BCUT2D eigenvalue weighted by atomic mass is 10.2. The molecule has 0 spiro atoms. The molecule has 0 saturated heterocycles. The summed E-state index contributed by atoms with van der Waals surface area (Å²) in [7, 11) is 1.63. The minimum absolute atomic E-state index is 0.0390. The first-order valence-electron chi connectivity index (χ1n) is 8.01. The van der Waals surface area contributed by atoms with Crippen molar-refractivity contribution in [2.24, 2.45) is 0 Å². The number of benzene rings is 2. The summed E-state index contributed by atoms with van der Waals surface area (Å²) in [6.07, 6.45) is 0.509. The van der Waals surface area contributed by atoms with Gasteiger partial charge in [0, 0.05) is 30.4 Å². The summed E-state index contributed by atoms with van der Waals surface area (Å²) in [4.78, 5) is 12.0. The number of ether oxygens (including phenoxy) is 2. The Kier molecular flexibility index (Phi) is 6.49. The maximum absolute atomic E-state index is 12.0. The largest absolute Gasteiger partial charge is 0.497 e. The van der Waals surface area contributed by atoms with Crippen LogP contribution in [0.25, 0.3) is 0 Å². The average molecular weight is 328 g/mol. The van der Waals surface area contributed by atoms with E-state index < -0.39 is 0 Å². The summed E-state index contributed by atoms with van der Waals surface area (Å²) in [5.41, 5.74) is 1.69. The molecule has 0 aliphatic heterocycles. The highest BCUT2D eigenvalue weighted by molar-refractivity contribution is 5.91. The third-order valence-corrected chi connectivity index (χ3v) is 3.26. The predicted molar refractivity (Wildman–Crippen MR) is 96.9 cm³/mol. The van der Waals surface area contributed by atoms with E-state index in [0.29, 0.717) is 13.0 Å². The molecule has 1 amide bonds. The zero-order valence-corrected chi connectivity index (χ0v) is 14.3. The van der Waals surface area contributed by atoms with Crippen LogP contribution in [0.5, 0.6) is 11.5 Å². The van der Waals surface area contributed by atoms with E-state index in [1.807, 2.05) is 62.4 Å². The highest BCUT2D eigenvalue weighted by Crippen LogP contribution is 2.18. The van der Waals surface area contributed by atoms with Gasteiger partial charge in [0.25, 0.3) is 0 Å². The number of hydrogen-bond acceptors (Lipinski definition) is 4. The van der Waals surface area contributed by atoms with Gasteiger partial charge in [-0.15, -0.1) is 0 Å². The molecule has 2 aromatic rings. The highest BCUT2D eigenvalue weighted by Gasteiger charge is 2.04. The van der Waals surface area contributed by atoms with Crippen LogP contribution in [-0.2, 0) is 4.79 Å². The summed E-state index contributed by atoms with van der Waals surface area (Å²) in [5, 5.41) is 6.08. The van der Waals surface area contributed by atoms with Crippen LogP contribution in [0, 0.1) is 0 Å². The van der Waals surface area contributed by atoms with Crippen LogP contribution in [0.4, 0.5) is 11.4 Å². The molecule has 0 saturated carbocycles. The molecular formula is C19H24N2O3. The van der Waals surface area contributed by atoms with Crippen molar-refractivity contribution in [3.63, 3.8) is 0 Å². The third kappa shape index (κ3) is 5.83. The molecule has 2 rings (SSSR count). The van der Waals surface area contributed by atoms with Crippen molar-refractivity contribution in [2.45, 2.75) is 26.4 Å². The van der Waals surface area contributed by atoms with Gasteiger partial charge >= 0.3 is 0 Å². The molecule has 5 nitrogen and oxygen atoms in total. The van der Waals surface area contributed by atoms with Gasteiger partial charge in [0.1, 0.15) is 11.5 Å². The van der Waals surface area contributed by atoms with Gasteiger partial charge < -0.3 is 20.1 Å². The Morgan fingerprint density at radius 1 is 1.04 bits per heavy atom. The molecule has 0 aromatic heterocycles. The van der Waals surface area contributed by atoms with Crippen molar-refractivity contribution in [2.75, 3.05) is 24.3 Å². The van der Waals surface area contributed by atoms with Crippen LogP contribution in [0.3, 0.4) is 0 Å². The number of rotatable bonds is 8. The SMILES string of the molecule is COc1cccc(NCCC(=O)Nc2ccc(OC(C)C)cc2)c1. The summed E-state index contributed by atoms with van der Waals surface area (Å²) >= 11 is 0. The van der Waals surface area contributed by atoms with Crippen LogP contribution >= 0.6 is 0 Å². The van der Waals surface area contributed by atoms with E-state index >= 15 is 0 Å². The van der Waals surface area contributed by atoms with Crippen LogP contribution in [0.15, 0.2) is 48.5 Å². The first kappa shape index (κ1) is 17.7. The first-order valence-corrected chi connectivity index (χ1v) is 8.01. The molecule has 5 heteroatoms. The minimum atomic E-state index is -0.0390. The lowest BCUT2D eigenvalue weighted by Crippen LogP contribution is -2.16. The molecule has 0 heterocycles. The Morgan fingerprint density at radius 3 is 2.46 bits per heavy atom. The van der Waals surface area contributed by atoms with E-state index in [1.54, 1.807) is 7.11 Å². The Hall–Kier alpha value is -2.69. The zero-order chi connectivity index (χ0) is 17.4. The van der Waals surface area contributed by atoms with Crippen molar-refractivity contribution in [3.8, 4) is 11.5 Å². The number of amides is 1. The maximum atomic E-state index is 12.0. The monoisotopic (exact) mass is 328 g/mol. The molecule has 0 aliphatic carbocycles. The lowest BCUT2D eigenvalue weighted by molar-refractivity contribution is -0.115. The van der Waals surface area contributed by atoms with Gasteiger partial charge in [-0.2, -0.15) is 0 Å². The second kappa shape index (κ2) is 8.82. The van der Waals surface area contributed by atoms with E-state index in [2.05, 4.69) is 10.6 Å². The van der Waals surface area contributed by atoms with E-state index in [-0.39, 0.29) is 12.0 Å². The molecule has 128 valence electrons. The van der Waals surface area contributed by atoms with E-state index in [9.17, 15) is 4.79 Å². The van der Waals surface area contributed by atoms with Crippen LogP contribution in [0.1, 0.15) is 20.3 Å². The normalized spacial score (nSPS) is 10.3. The number of nitrogens with one attached hydrogen (secondary N) is 2. The molecule has 0 aliphatic rings. The Balaban J connectivity index is 1.76. The molecule has 0 fully saturated rings. The van der Waals surface area contributed by atoms with Gasteiger partial charge in [-0.3, -0.25) is 4.79 Å². The third-order valence-electron chi connectivity index (χ3n) is 3.26. The average Bonchev–Trinajstić information content (AvgIpc) is 2.56. The van der Waals surface area contributed by atoms with Crippen molar-refractivity contribution in [1.82, 2.24) is 0 Å². The number of carbonyl (C=O) groups is 1. The fourth-order valence-corrected chi connectivity index (χ4v) is 2.17. The molecule has 2 aromatic carbocycles. The number of methoxy groups -OCH3 is 1. The van der Waals surface area contributed by atoms with Gasteiger partial charge in [0.15, 0.2) is 0 Å². The fourth-order valence-electron chi connectivity index (χ4n) is 2.17. The fraction of sp³-hybridized carbons (Fsp3) is 0.316. The molecule has 24 heavy (non-hydrogen) atoms. The zero-order valence-electron chi connectivity index (χ0n) is 14.3. The van der Waals surface area contributed by atoms with Gasteiger partial charge in [-0.25, -0.2) is 0 Å². The predicted octanol–water partition coefficient (Wildman–Crippen LogP) is 3.92. The summed E-state index contributed by atoms with van der Waals surface area (Å²) in [5.74, 6) is 1.54. The van der Waals surface area contributed by atoms with E-state index in [4.69, 9.17) is 9.47 Å². The maximum Gasteiger partial charge on any atom is 0.226 e. The molecular weight excluding hydrogens is 304 g/mol. The molecule has 0 radical (unpaired) electrons. The summed E-state index contributed by atoms with van der Waals surface area (Å²) in [6, 6.07) is 15.0. The second-order valence-electron chi connectivity index (χ2n) is 5.65. The highest BCUT2D eigenvalue weighted by atomic mass is 16.5. The molecule has 2 N–H and O–H groups in total. The van der Waals surface area contributed by atoms with Crippen LogP contribution in [0.2, 0.25) is 0 Å². The van der Waals surface area contributed by atoms with Crippen molar-refractivity contribution in [3.05, 3.63) is 48.5 Å². The van der Waals surface area contributed by atoms with E-state index in [0.717, 1.165) is 22.9 Å². The first-order chi connectivity index (χ1) is 11.6. The topological polar surface area (TPSA) is 59.6 Å². The van der Waals surface area contributed by atoms with Crippen LogP contribution in [-0.4, -0.2) is 25.7 Å². The van der Waals surface area contributed by atoms with Crippen molar-refractivity contribution < 1.29 is 14.3 Å². The quantitative estimate of drug-likeness (QED) is 0.771. The molecule has 0 unspecified atom stereocenters. The minimum Gasteiger partial charge on any atom is -0.497 e. The van der Waals surface area contributed by atoms with Crippen molar-refractivity contribution >= 4 is 17.3 Å². The van der Waals surface area contributed by atoms with Gasteiger partial charge in [0.05, 0.1) is 13.2 Å². The lowest BCUT2D eigenvalue weighted by Gasteiger charge is -2.11. The number of carbonyl (C=O) groups excluding carboxylic acids is 1. The Morgan fingerprint density at radius 2 is 1.79 bits per heavy atom. The van der Waals surface area contributed by atoms with Gasteiger partial charge in [-0.1, -0.05) is 6.07 Å². The van der Waals surface area contributed by atoms with E-state index in [1.165, 1.54) is 0 Å². The smallest absolute Gasteiger partial charge is 0.226 e. The second-order valence-corrected chi connectivity index (χ2v) is 5.65. The number of anilines is 2. The van der Waals surface area contributed by atoms with Crippen molar-refractivity contribution in [1.29, 1.82) is 0 Å². The summed E-state index contributed by atoms with van der Waals surface area (Å²) < 4.78 is 10.7. The molecule has 0 bridgehead atoms. The van der Waals surface area contributed by atoms with Crippen LogP contribution < -0.4 is 20.1 Å². The van der Waals surface area contributed by atoms with Gasteiger partial charge in [-0.05, 0) is 50.2 Å². The Labute approximate surface area is 143 Å². The Bertz CT molecular complexity index is 654.